The van der Waals surface area contributed by atoms with Crippen LogP contribution in [0.15, 0.2) is 30.3 Å². The standard InChI is InChI=1S/C16H20N2S/c1-11-5-7-12(8-6-11)9-14(18-17)16-10-13-3-2-4-15(13)19-16/h5-8,10,14,18H,2-4,9,17H2,1H3. The fraction of sp³-hybridized carbons (Fsp3) is 0.375. The molecular weight excluding hydrogens is 252 g/mol. The van der Waals surface area contributed by atoms with E-state index < -0.39 is 0 Å². The molecule has 0 fully saturated rings. The lowest BCUT2D eigenvalue weighted by Gasteiger charge is -2.14. The molecule has 1 atom stereocenters. The number of rotatable bonds is 4. The van der Waals surface area contributed by atoms with Gasteiger partial charge in [0.05, 0.1) is 6.04 Å². The summed E-state index contributed by atoms with van der Waals surface area (Å²) in [7, 11) is 0. The molecule has 3 rings (SSSR count). The number of hydrazine groups is 1. The molecule has 2 aromatic rings. The van der Waals surface area contributed by atoms with E-state index >= 15 is 0 Å². The quantitative estimate of drug-likeness (QED) is 0.662. The Bertz CT molecular complexity index is 535. The summed E-state index contributed by atoms with van der Waals surface area (Å²) in [4.78, 5) is 2.95. The highest BCUT2D eigenvalue weighted by atomic mass is 32.1. The Labute approximate surface area is 118 Å². The third kappa shape index (κ3) is 2.73. The van der Waals surface area contributed by atoms with E-state index in [1.807, 2.05) is 11.3 Å². The van der Waals surface area contributed by atoms with Crippen LogP contribution in [0.2, 0.25) is 0 Å². The van der Waals surface area contributed by atoms with Crippen LogP contribution < -0.4 is 11.3 Å². The molecule has 0 saturated carbocycles. The van der Waals surface area contributed by atoms with Gasteiger partial charge in [-0.05, 0) is 49.8 Å². The average molecular weight is 272 g/mol. The van der Waals surface area contributed by atoms with Crippen LogP contribution in [-0.4, -0.2) is 0 Å². The molecule has 0 spiro atoms. The van der Waals surface area contributed by atoms with Crippen molar-refractivity contribution in [3.05, 3.63) is 56.8 Å². The Balaban J connectivity index is 1.78. The molecule has 0 bridgehead atoms. The third-order valence-electron chi connectivity index (χ3n) is 3.87. The number of hydrogen-bond acceptors (Lipinski definition) is 3. The predicted octanol–water partition coefficient (Wildman–Crippen LogP) is 3.29. The smallest absolute Gasteiger partial charge is 0.0593 e. The first-order valence-electron chi connectivity index (χ1n) is 6.89. The van der Waals surface area contributed by atoms with Crippen molar-refractivity contribution in [2.24, 2.45) is 5.84 Å². The summed E-state index contributed by atoms with van der Waals surface area (Å²) in [6.07, 6.45) is 4.77. The molecule has 2 nitrogen and oxygen atoms in total. The van der Waals surface area contributed by atoms with Crippen LogP contribution in [-0.2, 0) is 19.3 Å². The maximum atomic E-state index is 5.76. The Morgan fingerprint density at radius 1 is 1.26 bits per heavy atom. The van der Waals surface area contributed by atoms with E-state index in [0.717, 1.165) is 6.42 Å². The largest absolute Gasteiger partial charge is 0.271 e. The van der Waals surface area contributed by atoms with Crippen LogP contribution in [0, 0.1) is 6.92 Å². The van der Waals surface area contributed by atoms with Crippen LogP contribution in [0.25, 0.3) is 0 Å². The van der Waals surface area contributed by atoms with E-state index in [1.165, 1.54) is 35.3 Å². The second-order valence-corrected chi connectivity index (χ2v) is 6.53. The minimum absolute atomic E-state index is 0.235. The molecule has 3 heteroatoms. The van der Waals surface area contributed by atoms with Gasteiger partial charge in [-0.3, -0.25) is 11.3 Å². The normalized spacial score (nSPS) is 15.5. The fourth-order valence-electron chi connectivity index (χ4n) is 2.73. The molecule has 0 aliphatic heterocycles. The van der Waals surface area contributed by atoms with Crippen molar-refractivity contribution in [3.8, 4) is 0 Å². The first kappa shape index (κ1) is 12.9. The number of thiophene rings is 1. The second kappa shape index (κ2) is 5.45. The second-order valence-electron chi connectivity index (χ2n) is 5.36. The van der Waals surface area contributed by atoms with Gasteiger partial charge in [0.25, 0.3) is 0 Å². The van der Waals surface area contributed by atoms with E-state index in [2.05, 4.69) is 42.7 Å². The van der Waals surface area contributed by atoms with E-state index in [-0.39, 0.29) is 6.04 Å². The number of benzene rings is 1. The summed E-state index contributed by atoms with van der Waals surface area (Å²) in [5.74, 6) is 5.76. The van der Waals surface area contributed by atoms with Gasteiger partial charge in [-0.1, -0.05) is 29.8 Å². The number of nitrogens with one attached hydrogen (secondary N) is 1. The first-order valence-corrected chi connectivity index (χ1v) is 7.71. The van der Waals surface area contributed by atoms with Crippen molar-refractivity contribution in [2.45, 2.75) is 38.6 Å². The van der Waals surface area contributed by atoms with Crippen LogP contribution in [0.1, 0.15) is 38.9 Å². The van der Waals surface area contributed by atoms with Gasteiger partial charge in [-0.25, -0.2) is 0 Å². The van der Waals surface area contributed by atoms with Crippen molar-refractivity contribution in [1.29, 1.82) is 0 Å². The molecule has 100 valence electrons. The molecule has 1 unspecified atom stereocenters. The highest BCUT2D eigenvalue weighted by Gasteiger charge is 2.19. The van der Waals surface area contributed by atoms with Crippen LogP contribution in [0.5, 0.6) is 0 Å². The summed E-state index contributed by atoms with van der Waals surface area (Å²) in [5, 5.41) is 0. The van der Waals surface area contributed by atoms with E-state index in [1.54, 1.807) is 10.4 Å². The molecule has 3 N–H and O–H groups in total. The first-order chi connectivity index (χ1) is 9.26. The average Bonchev–Trinajstić information content (AvgIpc) is 2.99. The van der Waals surface area contributed by atoms with Gasteiger partial charge in [0.1, 0.15) is 0 Å². The SMILES string of the molecule is Cc1ccc(CC(NN)c2cc3c(s2)CCC3)cc1. The lowest BCUT2D eigenvalue weighted by Crippen LogP contribution is -2.29. The Kier molecular flexibility index (Phi) is 3.69. The highest BCUT2D eigenvalue weighted by Crippen LogP contribution is 2.34. The Hall–Kier alpha value is -1.16. The number of aryl methyl sites for hydroxylation is 3. The molecule has 1 heterocycles. The number of hydrogen-bond donors (Lipinski definition) is 2. The molecule has 1 aliphatic rings. The van der Waals surface area contributed by atoms with Crippen molar-refractivity contribution in [2.75, 3.05) is 0 Å². The zero-order chi connectivity index (χ0) is 13.2. The van der Waals surface area contributed by atoms with E-state index in [0.29, 0.717) is 0 Å². The van der Waals surface area contributed by atoms with Gasteiger partial charge in [0, 0.05) is 9.75 Å². The van der Waals surface area contributed by atoms with Crippen molar-refractivity contribution < 1.29 is 0 Å². The third-order valence-corrected chi connectivity index (χ3v) is 5.22. The maximum Gasteiger partial charge on any atom is 0.0593 e. The zero-order valence-corrected chi connectivity index (χ0v) is 12.1. The van der Waals surface area contributed by atoms with Gasteiger partial charge in [0.2, 0.25) is 0 Å². The van der Waals surface area contributed by atoms with Crippen molar-refractivity contribution in [3.63, 3.8) is 0 Å². The molecule has 0 saturated heterocycles. The number of nitrogens with two attached hydrogens (primary N) is 1. The lowest BCUT2D eigenvalue weighted by atomic mass is 10.0. The van der Waals surface area contributed by atoms with Crippen LogP contribution in [0.4, 0.5) is 0 Å². The lowest BCUT2D eigenvalue weighted by molar-refractivity contribution is 0.560. The minimum atomic E-state index is 0.235. The molecule has 1 aliphatic carbocycles. The monoisotopic (exact) mass is 272 g/mol. The summed E-state index contributed by atoms with van der Waals surface area (Å²) >= 11 is 1.93. The maximum absolute atomic E-state index is 5.76. The molecule has 1 aromatic carbocycles. The molecule has 0 radical (unpaired) electrons. The highest BCUT2D eigenvalue weighted by molar-refractivity contribution is 7.12. The van der Waals surface area contributed by atoms with Crippen LogP contribution >= 0.6 is 11.3 Å². The number of fused-ring (bicyclic) bond motifs is 1. The Morgan fingerprint density at radius 2 is 2.05 bits per heavy atom. The minimum Gasteiger partial charge on any atom is -0.271 e. The molecule has 1 aromatic heterocycles. The Morgan fingerprint density at radius 3 is 2.74 bits per heavy atom. The zero-order valence-electron chi connectivity index (χ0n) is 11.3. The molecular formula is C16H20N2S. The van der Waals surface area contributed by atoms with Crippen LogP contribution in [0.3, 0.4) is 0 Å². The van der Waals surface area contributed by atoms with Crippen molar-refractivity contribution in [1.82, 2.24) is 5.43 Å². The predicted molar refractivity (Wildman–Crippen MR) is 81.3 cm³/mol. The topological polar surface area (TPSA) is 38.0 Å². The van der Waals surface area contributed by atoms with Gasteiger partial charge < -0.3 is 0 Å². The summed E-state index contributed by atoms with van der Waals surface area (Å²) in [6, 6.07) is 11.3. The van der Waals surface area contributed by atoms with E-state index in [4.69, 9.17) is 5.84 Å². The summed E-state index contributed by atoms with van der Waals surface area (Å²) < 4.78 is 0. The van der Waals surface area contributed by atoms with Gasteiger partial charge in [-0.15, -0.1) is 11.3 Å². The summed E-state index contributed by atoms with van der Waals surface area (Å²) in [6.45, 7) is 2.12. The molecule has 0 amide bonds. The summed E-state index contributed by atoms with van der Waals surface area (Å²) in [5.41, 5.74) is 7.16. The van der Waals surface area contributed by atoms with E-state index in [9.17, 15) is 0 Å². The van der Waals surface area contributed by atoms with Gasteiger partial charge in [-0.2, -0.15) is 0 Å². The van der Waals surface area contributed by atoms with Gasteiger partial charge in [0.15, 0.2) is 0 Å². The van der Waals surface area contributed by atoms with Crippen molar-refractivity contribution >= 4 is 11.3 Å². The van der Waals surface area contributed by atoms with Gasteiger partial charge >= 0.3 is 0 Å². The fourth-order valence-corrected chi connectivity index (χ4v) is 4.04. The molecule has 19 heavy (non-hydrogen) atoms.